The van der Waals surface area contributed by atoms with Crippen LogP contribution in [0.15, 0.2) is 60.9 Å². The lowest BCUT2D eigenvalue weighted by Gasteiger charge is -2.20. The summed E-state index contributed by atoms with van der Waals surface area (Å²) in [6, 6.07) is 13.7. The molecule has 2 heterocycles. The Kier molecular flexibility index (Phi) is 6.39. The maximum atomic E-state index is 13.1. The summed E-state index contributed by atoms with van der Waals surface area (Å²) in [5.74, 6) is 5.83. The first-order valence-electron chi connectivity index (χ1n) is 10.9. The number of nitrogens with zero attached hydrogens (tertiary/aromatic N) is 3. The number of likely N-dealkylation sites (N-methyl/N-ethyl adjacent to an activating group) is 1. The molecule has 34 heavy (non-hydrogen) atoms. The van der Waals surface area contributed by atoms with E-state index in [1.54, 1.807) is 51.5 Å². The minimum Gasteiger partial charge on any atom is -0.489 e. The smallest absolute Gasteiger partial charge is 0.342 e. The fourth-order valence-corrected chi connectivity index (χ4v) is 3.51. The van der Waals surface area contributed by atoms with Gasteiger partial charge in [-0.1, -0.05) is 42.2 Å². The molecule has 0 aliphatic carbocycles. The van der Waals surface area contributed by atoms with Crippen LogP contribution in [0.4, 0.5) is 10.5 Å². The van der Waals surface area contributed by atoms with Gasteiger partial charge in [-0.2, -0.15) is 9.78 Å². The Labute approximate surface area is 198 Å². The van der Waals surface area contributed by atoms with E-state index in [1.165, 1.54) is 9.58 Å². The number of anilines is 1. The van der Waals surface area contributed by atoms with Gasteiger partial charge in [-0.15, -0.1) is 0 Å². The van der Waals surface area contributed by atoms with Gasteiger partial charge in [-0.05, 0) is 43.2 Å². The lowest BCUT2D eigenvalue weighted by Crippen LogP contribution is -2.50. The molecule has 8 nitrogen and oxygen atoms in total. The zero-order chi connectivity index (χ0) is 24.3. The SMILES string of the molecule is CN1C(=O)[C@@H](NC(=O)n2cc(Cc3ccccc3)cn2)COc2ccc(C#CC(C)(C)O)cc21. The van der Waals surface area contributed by atoms with Crippen molar-refractivity contribution in [2.45, 2.75) is 31.9 Å². The number of hydrogen-bond acceptors (Lipinski definition) is 5. The Bertz CT molecular complexity index is 1270. The van der Waals surface area contributed by atoms with E-state index in [1.807, 2.05) is 30.3 Å². The van der Waals surface area contributed by atoms with E-state index < -0.39 is 17.7 Å². The Balaban J connectivity index is 1.46. The van der Waals surface area contributed by atoms with Gasteiger partial charge in [0.2, 0.25) is 0 Å². The molecule has 2 aromatic carbocycles. The summed E-state index contributed by atoms with van der Waals surface area (Å²) in [6.45, 7) is 3.17. The lowest BCUT2D eigenvalue weighted by molar-refractivity contribution is -0.120. The van der Waals surface area contributed by atoms with E-state index in [0.717, 1.165) is 11.1 Å². The molecule has 8 heteroatoms. The predicted octanol–water partition coefficient (Wildman–Crippen LogP) is 2.58. The van der Waals surface area contributed by atoms with Crippen LogP contribution in [0, 0.1) is 11.8 Å². The summed E-state index contributed by atoms with van der Waals surface area (Å²) >= 11 is 0. The van der Waals surface area contributed by atoms with Gasteiger partial charge < -0.3 is 20.1 Å². The molecule has 4 rings (SSSR count). The van der Waals surface area contributed by atoms with Crippen LogP contribution in [0.1, 0.15) is 30.5 Å². The van der Waals surface area contributed by atoms with Crippen LogP contribution in [-0.2, 0) is 11.2 Å². The third-order valence-corrected chi connectivity index (χ3v) is 5.26. The molecular weight excluding hydrogens is 432 g/mol. The second-order valence-electron chi connectivity index (χ2n) is 8.66. The standard InChI is InChI=1S/C26H26N4O4/c1-26(2,33)12-11-19-9-10-23-22(14-19)29(3)24(31)21(17-34-23)28-25(32)30-16-20(15-27-30)13-18-7-5-4-6-8-18/h4-10,14-16,21,33H,13,17H2,1-3H3,(H,28,32)/t21-/m0/s1. The molecular formula is C26H26N4O4. The fourth-order valence-electron chi connectivity index (χ4n) is 3.51. The second-order valence-corrected chi connectivity index (χ2v) is 8.66. The summed E-state index contributed by atoms with van der Waals surface area (Å²) < 4.78 is 7.01. The van der Waals surface area contributed by atoms with Crippen molar-refractivity contribution in [3.63, 3.8) is 0 Å². The van der Waals surface area contributed by atoms with Crippen LogP contribution >= 0.6 is 0 Å². The van der Waals surface area contributed by atoms with Gasteiger partial charge >= 0.3 is 6.03 Å². The van der Waals surface area contributed by atoms with E-state index in [9.17, 15) is 14.7 Å². The number of fused-ring (bicyclic) bond motifs is 1. The maximum absolute atomic E-state index is 13.1. The molecule has 3 aromatic rings. The Morgan fingerprint density at radius 2 is 2.00 bits per heavy atom. The predicted molar refractivity (Wildman–Crippen MR) is 128 cm³/mol. The third-order valence-electron chi connectivity index (χ3n) is 5.26. The second kappa shape index (κ2) is 9.41. The molecule has 0 fully saturated rings. The Morgan fingerprint density at radius 3 is 2.74 bits per heavy atom. The van der Waals surface area contributed by atoms with Crippen molar-refractivity contribution in [1.29, 1.82) is 0 Å². The molecule has 0 unspecified atom stereocenters. The van der Waals surface area contributed by atoms with Crippen molar-refractivity contribution in [2.24, 2.45) is 0 Å². The van der Waals surface area contributed by atoms with Crippen molar-refractivity contribution < 1.29 is 19.4 Å². The van der Waals surface area contributed by atoms with E-state index in [-0.39, 0.29) is 12.5 Å². The molecule has 1 aromatic heterocycles. The summed E-state index contributed by atoms with van der Waals surface area (Å²) in [5, 5.41) is 16.7. The summed E-state index contributed by atoms with van der Waals surface area (Å²) in [5.41, 5.74) is 2.03. The first-order chi connectivity index (χ1) is 16.2. The highest BCUT2D eigenvalue weighted by molar-refractivity contribution is 6.00. The topological polar surface area (TPSA) is 96.7 Å². The van der Waals surface area contributed by atoms with Crippen LogP contribution in [0.25, 0.3) is 0 Å². The van der Waals surface area contributed by atoms with Gasteiger partial charge in [0.25, 0.3) is 5.91 Å². The Hall–Kier alpha value is -4.09. The molecule has 0 saturated carbocycles. The van der Waals surface area contributed by atoms with Crippen molar-refractivity contribution in [2.75, 3.05) is 18.6 Å². The first kappa shape index (κ1) is 23.1. The van der Waals surface area contributed by atoms with E-state index in [0.29, 0.717) is 23.4 Å². The molecule has 0 radical (unpaired) electrons. The largest absolute Gasteiger partial charge is 0.489 e. The minimum absolute atomic E-state index is 0.0191. The van der Waals surface area contributed by atoms with Gasteiger partial charge in [0.05, 0.1) is 11.9 Å². The number of carbonyl (C=O) groups is 2. The van der Waals surface area contributed by atoms with E-state index in [2.05, 4.69) is 22.3 Å². The fraction of sp³-hybridized carbons (Fsp3) is 0.269. The van der Waals surface area contributed by atoms with Gasteiger partial charge in [-0.3, -0.25) is 4.79 Å². The van der Waals surface area contributed by atoms with Crippen molar-refractivity contribution in [3.8, 4) is 17.6 Å². The summed E-state index contributed by atoms with van der Waals surface area (Å²) in [4.78, 5) is 27.3. The number of hydrogen-bond donors (Lipinski definition) is 2. The Morgan fingerprint density at radius 1 is 1.24 bits per heavy atom. The number of amides is 2. The number of ether oxygens (including phenoxy) is 1. The zero-order valence-corrected chi connectivity index (χ0v) is 19.3. The average Bonchev–Trinajstić information content (AvgIpc) is 3.24. The minimum atomic E-state index is -1.13. The lowest BCUT2D eigenvalue weighted by atomic mass is 10.1. The van der Waals surface area contributed by atoms with Gasteiger partial charge in [0.15, 0.2) is 0 Å². The van der Waals surface area contributed by atoms with Gasteiger partial charge in [-0.25, -0.2) is 4.79 Å². The van der Waals surface area contributed by atoms with Crippen LogP contribution in [0.5, 0.6) is 5.75 Å². The number of benzene rings is 2. The van der Waals surface area contributed by atoms with Gasteiger partial charge in [0.1, 0.15) is 24.0 Å². The highest BCUT2D eigenvalue weighted by Crippen LogP contribution is 2.31. The van der Waals surface area contributed by atoms with Crippen molar-refractivity contribution in [1.82, 2.24) is 15.1 Å². The van der Waals surface area contributed by atoms with Gasteiger partial charge in [0, 0.05) is 25.2 Å². The zero-order valence-electron chi connectivity index (χ0n) is 19.3. The van der Waals surface area contributed by atoms with Crippen LogP contribution in [0.2, 0.25) is 0 Å². The quantitative estimate of drug-likeness (QED) is 0.588. The van der Waals surface area contributed by atoms with Crippen LogP contribution < -0.4 is 15.0 Å². The first-order valence-corrected chi connectivity index (χ1v) is 10.9. The molecule has 0 bridgehead atoms. The molecule has 0 spiro atoms. The maximum Gasteiger partial charge on any atom is 0.342 e. The molecule has 174 valence electrons. The highest BCUT2D eigenvalue weighted by atomic mass is 16.5. The third kappa shape index (κ3) is 5.45. The van der Waals surface area contributed by atoms with E-state index in [4.69, 9.17) is 4.74 Å². The molecule has 1 aliphatic rings. The molecule has 2 N–H and O–H groups in total. The van der Waals surface area contributed by atoms with E-state index >= 15 is 0 Å². The number of carbonyl (C=O) groups excluding carboxylic acids is 2. The summed E-state index contributed by atoms with van der Waals surface area (Å²) in [7, 11) is 1.62. The number of rotatable bonds is 3. The highest BCUT2D eigenvalue weighted by Gasteiger charge is 2.31. The number of nitrogens with one attached hydrogen (secondary N) is 1. The van der Waals surface area contributed by atoms with Crippen molar-refractivity contribution in [3.05, 3.63) is 77.6 Å². The monoisotopic (exact) mass is 458 g/mol. The molecule has 1 atom stereocenters. The average molecular weight is 459 g/mol. The molecule has 0 saturated heterocycles. The van der Waals surface area contributed by atoms with Crippen LogP contribution in [0.3, 0.4) is 0 Å². The number of aromatic nitrogens is 2. The van der Waals surface area contributed by atoms with Crippen molar-refractivity contribution >= 4 is 17.6 Å². The molecule has 2 amide bonds. The number of aliphatic hydroxyl groups is 1. The molecule has 1 aliphatic heterocycles. The normalized spacial score (nSPS) is 15.5. The summed E-state index contributed by atoms with van der Waals surface area (Å²) in [6.07, 6.45) is 3.93. The van der Waals surface area contributed by atoms with Crippen LogP contribution in [-0.4, -0.2) is 52.1 Å².